The number of rotatable bonds is 7. The molecule has 0 atom stereocenters. The highest BCUT2D eigenvalue weighted by Gasteiger charge is 2.22. The number of aliphatic imine (C=N–C) groups is 1. The second-order valence-electron chi connectivity index (χ2n) is 5.81. The fourth-order valence-electron chi connectivity index (χ4n) is 2.31. The molecule has 0 unspecified atom stereocenters. The first kappa shape index (κ1) is 17.5. The summed E-state index contributed by atoms with van der Waals surface area (Å²) in [5, 5.41) is 6.54. The van der Waals surface area contributed by atoms with Crippen molar-refractivity contribution in [1.82, 2.24) is 10.6 Å². The lowest BCUT2D eigenvalue weighted by Crippen LogP contribution is -2.40. The Bertz CT molecular complexity index is 455. The Balaban J connectivity index is 2.75. The molecule has 2 N–H and O–H groups in total. The van der Waals surface area contributed by atoms with E-state index < -0.39 is 0 Å². The molecule has 4 nitrogen and oxygen atoms in total. The molecule has 0 aliphatic heterocycles. The number of methoxy groups -OCH3 is 1. The Morgan fingerprint density at radius 1 is 1.24 bits per heavy atom. The number of guanidine groups is 1. The number of hydrogen-bond donors (Lipinski definition) is 2. The molecule has 0 fully saturated rings. The lowest BCUT2D eigenvalue weighted by atomic mass is 9.82. The van der Waals surface area contributed by atoms with Gasteiger partial charge in [0.15, 0.2) is 5.96 Å². The summed E-state index contributed by atoms with van der Waals surface area (Å²) in [6.45, 7) is 11.7. The Morgan fingerprint density at radius 3 is 2.57 bits per heavy atom. The number of ether oxygens (including phenoxy) is 1. The first-order valence-corrected chi connectivity index (χ1v) is 7.58. The number of nitrogens with zero attached hydrogens (tertiary/aromatic N) is 1. The minimum absolute atomic E-state index is 0.00888. The monoisotopic (exact) mass is 291 g/mol. The lowest BCUT2D eigenvalue weighted by Gasteiger charge is -2.25. The molecule has 0 heterocycles. The van der Waals surface area contributed by atoms with Gasteiger partial charge >= 0.3 is 0 Å². The average molecular weight is 291 g/mol. The summed E-state index contributed by atoms with van der Waals surface area (Å²) in [5.41, 5.74) is 2.67. The summed E-state index contributed by atoms with van der Waals surface area (Å²) in [6, 6.07) is 8.52. The zero-order valence-corrected chi connectivity index (χ0v) is 14.0. The van der Waals surface area contributed by atoms with Gasteiger partial charge in [0, 0.05) is 25.6 Å². The van der Waals surface area contributed by atoms with Crippen LogP contribution in [0.25, 0.3) is 0 Å². The molecular formula is C17H29N3O. The van der Waals surface area contributed by atoms with E-state index in [4.69, 9.17) is 9.73 Å². The number of nitrogens with one attached hydrogen (secondary N) is 2. The van der Waals surface area contributed by atoms with Crippen LogP contribution in [0.15, 0.2) is 29.3 Å². The fraction of sp³-hybridized carbons (Fsp3) is 0.588. The number of benzene rings is 1. The lowest BCUT2D eigenvalue weighted by molar-refractivity contribution is 0.203. The Kier molecular flexibility index (Phi) is 7.23. The van der Waals surface area contributed by atoms with Crippen molar-refractivity contribution in [2.45, 2.75) is 33.1 Å². The molecule has 0 aromatic heterocycles. The molecule has 0 aliphatic carbocycles. The van der Waals surface area contributed by atoms with E-state index in [1.807, 2.05) is 0 Å². The highest BCUT2D eigenvalue weighted by molar-refractivity contribution is 5.79. The van der Waals surface area contributed by atoms with E-state index in [2.05, 4.69) is 62.6 Å². The molecule has 0 aliphatic rings. The smallest absolute Gasteiger partial charge is 0.191 e. The molecule has 1 aromatic rings. The molecule has 0 saturated carbocycles. The molecular weight excluding hydrogens is 262 g/mol. The van der Waals surface area contributed by atoms with Gasteiger partial charge in [0.2, 0.25) is 0 Å². The molecule has 0 bridgehead atoms. The van der Waals surface area contributed by atoms with Crippen molar-refractivity contribution < 1.29 is 4.74 Å². The highest BCUT2D eigenvalue weighted by Crippen LogP contribution is 2.26. The SMILES string of the molecule is CCNC(=NCC(C)(C)c1ccccc1C)NCCOC. The van der Waals surface area contributed by atoms with Crippen molar-refractivity contribution in [3.8, 4) is 0 Å². The third kappa shape index (κ3) is 5.76. The molecule has 118 valence electrons. The van der Waals surface area contributed by atoms with Crippen LogP contribution < -0.4 is 10.6 Å². The van der Waals surface area contributed by atoms with Crippen LogP contribution in [0.2, 0.25) is 0 Å². The van der Waals surface area contributed by atoms with Crippen LogP contribution in [0, 0.1) is 6.92 Å². The number of aryl methyl sites for hydroxylation is 1. The summed E-state index contributed by atoms with van der Waals surface area (Å²) in [6.07, 6.45) is 0. The van der Waals surface area contributed by atoms with E-state index >= 15 is 0 Å². The minimum Gasteiger partial charge on any atom is -0.383 e. The van der Waals surface area contributed by atoms with Crippen LogP contribution in [0.3, 0.4) is 0 Å². The standard InChI is InChI=1S/C17H29N3O/c1-6-18-16(19-11-12-21-5)20-13-17(3,4)15-10-8-7-9-14(15)2/h7-10H,6,11-13H2,1-5H3,(H2,18,19,20). The van der Waals surface area contributed by atoms with E-state index in [1.165, 1.54) is 11.1 Å². The van der Waals surface area contributed by atoms with Gasteiger partial charge in [0.05, 0.1) is 13.2 Å². The van der Waals surface area contributed by atoms with Crippen LogP contribution in [0.4, 0.5) is 0 Å². The largest absolute Gasteiger partial charge is 0.383 e. The molecule has 21 heavy (non-hydrogen) atoms. The maximum absolute atomic E-state index is 5.06. The molecule has 0 amide bonds. The van der Waals surface area contributed by atoms with E-state index in [-0.39, 0.29) is 5.41 Å². The van der Waals surface area contributed by atoms with Crippen molar-refractivity contribution in [3.05, 3.63) is 35.4 Å². The zero-order valence-electron chi connectivity index (χ0n) is 14.0. The average Bonchev–Trinajstić information content (AvgIpc) is 2.45. The van der Waals surface area contributed by atoms with Crippen LogP contribution in [-0.2, 0) is 10.2 Å². The van der Waals surface area contributed by atoms with Gasteiger partial charge in [-0.25, -0.2) is 0 Å². The van der Waals surface area contributed by atoms with Gasteiger partial charge in [-0.15, -0.1) is 0 Å². The second kappa shape index (κ2) is 8.67. The normalized spacial score (nSPS) is 12.3. The molecule has 4 heteroatoms. The zero-order chi connectivity index (χ0) is 15.7. The van der Waals surface area contributed by atoms with Crippen LogP contribution in [0.1, 0.15) is 31.9 Å². The third-order valence-electron chi connectivity index (χ3n) is 3.45. The Morgan fingerprint density at radius 2 is 1.95 bits per heavy atom. The second-order valence-corrected chi connectivity index (χ2v) is 5.81. The first-order chi connectivity index (χ1) is 10.0. The van der Waals surface area contributed by atoms with E-state index in [0.717, 1.165) is 25.6 Å². The summed E-state index contributed by atoms with van der Waals surface area (Å²) in [5.74, 6) is 0.844. The molecule has 1 rings (SSSR count). The summed E-state index contributed by atoms with van der Waals surface area (Å²) in [4.78, 5) is 4.71. The topological polar surface area (TPSA) is 45.7 Å². The maximum Gasteiger partial charge on any atom is 0.191 e. The van der Waals surface area contributed by atoms with Crippen LogP contribution in [-0.4, -0.2) is 39.3 Å². The third-order valence-corrected chi connectivity index (χ3v) is 3.45. The molecule has 1 aromatic carbocycles. The van der Waals surface area contributed by atoms with Crippen molar-refractivity contribution in [2.24, 2.45) is 4.99 Å². The van der Waals surface area contributed by atoms with Crippen molar-refractivity contribution >= 4 is 5.96 Å². The van der Waals surface area contributed by atoms with E-state index in [0.29, 0.717) is 6.61 Å². The summed E-state index contributed by atoms with van der Waals surface area (Å²) >= 11 is 0. The molecule has 0 radical (unpaired) electrons. The van der Waals surface area contributed by atoms with Gasteiger partial charge < -0.3 is 15.4 Å². The van der Waals surface area contributed by atoms with Gasteiger partial charge in [-0.2, -0.15) is 0 Å². The molecule has 0 saturated heterocycles. The van der Waals surface area contributed by atoms with E-state index in [9.17, 15) is 0 Å². The highest BCUT2D eigenvalue weighted by atomic mass is 16.5. The maximum atomic E-state index is 5.06. The van der Waals surface area contributed by atoms with Gasteiger partial charge in [0.25, 0.3) is 0 Å². The minimum atomic E-state index is 0.00888. The summed E-state index contributed by atoms with van der Waals surface area (Å²) in [7, 11) is 1.70. The Hall–Kier alpha value is -1.55. The molecule has 0 spiro atoms. The van der Waals surface area contributed by atoms with Gasteiger partial charge in [-0.3, -0.25) is 4.99 Å². The predicted molar refractivity (Wildman–Crippen MR) is 90.1 cm³/mol. The van der Waals surface area contributed by atoms with E-state index in [1.54, 1.807) is 7.11 Å². The fourth-order valence-corrected chi connectivity index (χ4v) is 2.31. The number of hydrogen-bond acceptors (Lipinski definition) is 2. The van der Waals surface area contributed by atoms with Gasteiger partial charge in [0.1, 0.15) is 0 Å². The van der Waals surface area contributed by atoms with Crippen molar-refractivity contribution in [3.63, 3.8) is 0 Å². The van der Waals surface area contributed by atoms with Gasteiger partial charge in [-0.05, 0) is 25.0 Å². The summed E-state index contributed by atoms with van der Waals surface area (Å²) < 4.78 is 5.06. The van der Waals surface area contributed by atoms with Crippen LogP contribution >= 0.6 is 0 Å². The first-order valence-electron chi connectivity index (χ1n) is 7.58. The van der Waals surface area contributed by atoms with Crippen LogP contribution in [0.5, 0.6) is 0 Å². The van der Waals surface area contributed by atoms with Crippen molar-refractivity contribution in [1.29, 1.82) is 0 Å². The Labute approximate surface area is 129 Å². The van der Waals surface area contributed by atoms with Gasteiger partial charge in [-0.1, -0.05) is 38.1 Å². The van der Waals surface area contributed by atoms with Crippen molar-refractivity contribution in [2.75, 3.05) is 33.4 Å². The predicted octanol–water partition coefficient (Wildman–Crippen LogP) is 2.47. The quantitative estimate of drug-likeness (QED) is 0.461.